The van der Waals surface area contributed by atoms with Gasteiger partial charge >= 0.3 is 35.0 Å². The Balaban J connectivity index is 0.000000497. The molecule has 0 radical (unpaired) electrons. The molecule has 0 aliphatic heterocycles. The Morgan fingerprint density at radius 3 is 1.57 bits per heavy atom. The molecule has 3 rings (SSSR count). The van der Waals surface area contributed by atoms with Crippen LogP contribution in [0.25, 0.3) is 0 Å². The third-order valence-corrected chi connectivity index (χ3v) is 5.24. The van der Waals surface area contributed by atoms with Crippen LogP contribution in [-0.2, 0) is 15.9 Å². The van der Waals surface area contributed by atoms with E-state index in [0.29, 0.717) is 0 Å². The molecular formula is C16H14Cl2NPPd. The van der Waals surface area contributed by atoms with E-state index in [1.54, 1.807) is 0 Å². The summed E-state index contributed by atoms with van der Waals surface area (Å²) < 4.78 is 0. The van der Waals surface area contributed by atoms with Gasteiger partial charge in [0.15, 0.2) is 0 Å². The second-order valence-electron chi connectivity index (χ2n) is 4.11. The quantitative estimate of drug-likeness (QED) is 0.477. The molecule has 5 heteroatoms. The number of hydrogen-bond acceptors (Lipinski definition) is 0. The summed E-state index contributed by atoms with van der Waals surface area (Å²) in [6.45, 7) is 0. The first kappa shape index (κ1) is 16.8. The SMILES string of the molecule is [Cl][Pd][Cl].c1ccc(P(c2ccccc2)c2ccc[nH]2)cc1. The maximum absolute atomic E-state index is 4.81. The molecule has 21 heavy (non-hydrogen) atoms. The summed E-state index contributed by atoms with van der Waals surface area (Å²) in [5.41, 5.74) is 1.29. The fraction of sp³-hybridized carbons (Fsp3) is 0. The van der Waals surface area contributed by atoms with Crippen LogP contribution in [0.5, 0.6) is 0 Å². The number of hydrogen-bond donors (Lipinski definition) is 1. The maximum Gasteiger partial charge on any atom is 0.0475 e. The molecule has 3 aromatic rings. The minimum Gasteiger partial charge on any atom is -0.361 e. The van der Waals surface area contributed by atoms with Gasteiger partial charge in [-0.05, 0) is 22.7 Å². The minimum absolute atomic E-state index is 0.106. The first-order chi connectivity index (χ1) is 10.4. The van der Waals surface area contributed by atoms with Crippen LogP contribution in [0.15, 0.2) is 79.0 Å². The molecule has 0 amide bonds. The number of H-pyrrole nitrogens is 1. The summed E-state index contributed by atoms with van der Waals surface area (Å²) in [4.78, 5) is 3.36. The standard InChI is InChI=1S/C16H14NP.2ClH.Pd/c1-3-8-14(9-4-1)18(16-12-7-13-17-16)15-10-5-2-6-11-15;;;/h1-13,17H;2*1H;/q;;;+2/p-2. The first-order valence-electron chi connectivity index (χ1n) is 6.23. The van der Waals surface area contributed by atoms with Crippen molar-refractivity contribution >= 4 is 43.0 Å². The molecular weight excluding hydrogens is 414 g/mol. The fourth-order valence-corrected chi connectivity index (χ4v) is 4.28. The summed E-state index contributed by atoms with van der Waals surface area (Å²) in [5, 5.41) is 2.75. The average Bonchev–Trinajstić information content (AvgIpc) is 3.05. The van der Waals surface area contributed by atoms with Crippen molar-refractivity contribution in [3.05, 3.63) is 79.0 Å². The third-order valence-electron chi connectivity index (χ3n) is 2.85. The zero-order valence-corrected chi connectivity index (χ0v) is 15.0. The van der Waals surface area contributed by atoms with E-state index in [2.05, 4.69) is 77.8 Å². The van der Waals surface area contributed by atoms with Gasteiger partial charge in [0.05, 0.1) is 0 Å². The molecule has 0 atom stereocenters. The van der Waals surface area contributed by atoms with Crippen LogP contribution in [0, 0.1) is 0 Å². The molecule has 0 aliphatic rings. The van der Waals surface area contributed by atoms with Gasteiger partial charge in [-0.25, -0.2) is 0 Å². The van der Waals surface area contributed by atoms with E-state index in [4.69, 9.17) is 19.1 Å². The van der Waals surface area contributed by atoms with Gasteiger partial charge in [0.2, 0.25) is 0 Å². The van der Waals surface area contributed by atoms with Crippen molar-refractivity contribution in [1.82, 2.24) is 4.98 Å². The number of rotatable bonds is 3. The summed E-state index contributed by atoms with van der Waals surface area (Å²) in [6, 6.07) is 25.6. The van der Waals surface area contributed by atoms with E-state index < -0.39 is 7.92 Å². The molecule has 0 aliphatic carbocycles. The van der Waals surface area contributed by atoms with Gasteiger partial charge in [-0.3, -0.25) is 0 Å². The monoisotopic (exact) mass is 427 g/mol. The predicted molar refractivity (Wildman–Crippen MR) is 91.2 cm³/mol. The van der Waals surface area contributed by atoms with Crippen molar-refractivity contribution < 1.29 is 15.9 Å². The Labute approximate surface area is 142 Å². The molecule has 112 valence electrons. The van der Waals surface area contributed by atoms with E-state index in [0.717, 1.165) is 0 Å². The van der Waals surface area contributed by atoms with Crippen LogP contribution in [-0.4, -0.2) is 4.98 Å². The van der Waals surface area contributed by atoms with Gasteiger partial charge in [0.1, 0.15) is 0 Å². The molecule has 1 nitrogen and oxygen atoms in total. The van der Waals surface area contributed by atoms with Crippen molar-refractivity contribution in [1.29, 1.82) is 0 Å². The Morgan fingerprint density at radius 2 is 1.19 bits per heavy atom. The number of halogens is 2. The van der Waals surface area contributed by atoms with Crippen molar-refractivity contribution in [2.24, 2.45) is 0 Å². The first-order valence-corrected chi connectivity index (χ1v) is 11.6. The minimum atomic E-state index is -0.465. The van der Waals surface area contributed by atoms with Crippen LogP contribution in [0.3, 0.4) is 0 Å². The van der Waals surface area contributed by atoms with Gasteiger partial charge in [0, 0.05) is 19.6 Å². The second kappa shape index (κ2) is 9.42. The van der Waals surface area contributed by atoms with Crippen LogP contribution in [0.2, 0.25) is 0 Å². The molecule has 0 spiro atoms. The van der Waals surface area contributed by atoms with Crippen molar-refractivity contribution in [3.63, 3.8) is 0 Å². The largest absolute Gasteiger partial charge is 0.361 e. The van der Waals surface area contributed by atoms with Crippen molar-refractivity contribution in [3.8, 4) is 0 Å². The van der Waals surface area contributed by atoms with Gasteiger partial charge in [-0.1, -0.05) is 60.7 Å². The average molecular weight is 429 g/mol. The number of nitrogens with one attached hydrogen (secondary N) is 1. The predicted octanol–water partition coefficient (Wildman–Crippen LogP) is 4.15. The van der Waals surface area contributed by atoms with Gasteiger partial charge in [-0.15, -0.1) is 0 Å². The van der Waals surface area contributed by atoms with Crippen molar-refractivity contribution in [2.75, 3.05) is 0 Å². The van der Waals surface area contributed by atoms with Crippen LogP contribution in [0.1, 0.15) is 0 Å². The van der Waals surface area contributed by atoms with Crippen LogP contribution >= 0.6 is 27.0 Å². The zero-order valence-electron chi connectivity index (χ0n) is 11.0. The number of benzene rings is 2. The van der Waals surface area contributed by atoms with Gasteiger partial charge in [-0.2, -0.15) is 0 Å². The Bertz CT molecular complexity index is 578. The summed E-state index contributed by atoms with van der Waals surface area (Å²) in [6.07, 6.45) is 2.00. The van der Waals surface area contributed by atoms with E-state index in [9.17, 15) is 0 Å². The van der Waals surface area contributed by atoms with E-state index in [1.807, 2.05) is 6.20 Å². The molecule has 0 saturated heterocycles. The molecule has 1 N–H and O–H groups in total. The Kier molecular flexibility index (Phi) is 7.52. The molecule has 2 aromatic carbocycles. The zero-order chi connectivity index (χ0) is 14.9. The Morgan fingerprint density at radius 1 is 0.714 bits per heavy atom. The van der Waals surface area contributed by atoms with E-state index >= 15 is 0 Å². The molecule has 1 heterocycles. The van der Waals surface area contributed by atoms with Crippen molar-refractivity contribution in [2.45, 2.75) is 0 Å². The topological polar surface area (TPSA) is 15.8 Å². The molecule has 0 unspecified atom stereocenters. The third kappa shape index (κ3) is 4.96. The van der Waals surface area contributed by atoms with Gasteiger partial charge in [0.25, 0.3) is 0 Å². The molecule has 0 fully saturated rings. The summed E-state index contributed by atoms with van der Waals surface area (Å²) in [5.74, 6) is 0. The number of aromatic amines is 1. The summed E-state index contributed by atoms with van der Waals surface area (Å²) in [7, 11) is 9.16. The Hall–Kier alpha value is -0.608. The van der Waals surface area contributed by atoms with Crippen LogP contribution < -0.4 is 16.0 Å². The summed E-state index contributed by atoms with van der Waals surface area (Å²) >= 11 is -0.106. The van der Waals surface area contributed by atoms with E-state index in [1.165, 1.54) is 16.0 Å². The second-order valence-corrected chi connectivity index (χ2v) is 8.65. The molecule has 1 aromatic heterocycles. The maximum atomic E-state index is 4.81. The van der Waals surface area contributed by atoms with E-state index in [-0.39, 0.29) is 15.9 Å². The molecule has 0 bridgehead atoms. The van der Waals surface area contributed by atoms with Gasteiger partial charge < -0.3 is 4.98 Å². The fourth-order valence-electron chi connectivity index (χ4n) is 2.04. The molecule has 0 saturated carbocycles. The smallest absolute Gasteiger partial charge is 0.0475 e. The normalized spacial score (nSPS) is 10.2. The number of aromatic nitrogens is 1. The van der Waals surface area contributed by atoms with Crippen LogP contribution in [0.4, 0.5) is 0 Å².